The Labute approximate surface area is 178 Å². The molecule has 0 spiro atoms. The molecule has 2 heterocycles. The number of amides is 1. The molecule has 0 saturated carbocycles. The maximum absolute atomic E-state index is 12.9. The van der Waals surface area contributed by atoms with E-state index in [0.717, 1.165) is 10.2 Å². The first-order chi connectivity index (χ1) is 13.9. The number of carbonyl (C=O) groups is 1. The van der Waals surface area contributed by atoms with Crippen LogP contribution in [0.3, 0.4) is 0 Å². The predicted octanol–water partition coefficient (Wildman–Crippen LogP) is 3.42. The number of piperidine rings is 1. The minimum absolute atomic E-state index is 0.141. The molecule has 1 atom stereocenters. The van der Waals surface area contributed by atoms with Gasteiger partial charge in [0.15, 0.2) is 4.80 Å². The van der Waals surface area contributed by atoms with E-state index in [1.807, 2.05) is 35.9 Å². The summed E-state index contributed by atoms with van der Waals surface area (Å²) in [6, 6.07) is 14.0. The summed E-state index contributed by atoms with van der Waals surface area (Å²) in [6.07, 6.45) is 1.25. The molecule has 6 nitrogen and oxygen atoms in total. The minimum Gasteiger partial charge on any atom is -0.319 e. The summed E-state index contributed by atoms with van der Waals surface area (Å²) in [6.45, 7) is 0.535. The van der Waals surface area contributed by atoms with Crippen molar-refractivity contribution >= 4 is 49.1 Å². The van der Waals surface area contributed by atoms with Crippen molar-refractivity contribution in [2.24, 2.45) is 18.0 Å². The Hall–Kier alpha value is -2.00. The van der Waals surface area contributed by atoms with Crippen LogP contribution in [0.5, 0.6) is 0 Å². The Balaban J connectivity index is 1.58. The average Bonchev–Trinajstić information content (AvgIpc) is 3.04. The van der Waals surface area contributed by atoms with Crippen molar-refractivity contribution in [1.82, 2.24) is 8.87 Å². The standard InChI is InChI=1S/C20H20ClN3O3S2/c1-23-17-6-2-3-7-18(17)28-20(23)22-19(25)14-5-4-12-24(13-14)29(26,27)16-10-8-15(21)9-11-16/h2-3,6-11,14H,4-5,12-13H2,1H3. The molecule has 1 unspecified atom stereocenters. The number of hydrogen-bond acceptors (Lipinski definition) is 4. The predicted molar refractivity (Wildman–Crippen MR) is 114 cm³/mol. The molecule has 1 saturated heterocycles. The molecule has 1 amide bonds. The zero-order chi connectivity index (χ0) is 20.6. The van der Waals surface area contributed by atoms with Gasteiger partial charge in [-0.2, -0.15) is 9.30 Å². The van der Waals surface area contributed by atoms with Gasteiger partial charge in [0.1, 0.15) is 0 Å². The summed E-state index contributed by atoms with van der Waals surface area (Å²) in [7, 11) is -1.79. The van der Waals surface area contributed by atoms with Crippen LogP contribution in [0.1, 0.15) is 12.8 Å². The number of carbonyl (C=O) groups excluding carboxylic acids is 1. The van der Waals surface area contributed by atoms with Gasteiger partial charge in [-0.1, -0.05) is 35.1 Å². The molecule has 152 valence electrons. The Kier molecular flexibility index (Phi) is 5.61. The second kappa shape index (κ2) is 8.02. The van der Waals surface area contributed by atoms with Crippen molar-refractivity contribution in [1.29, 1.82) is 0 Å². The number of halogens is 1. The summed E-state index contributed by atoms with van der Waals surface area (Å²) in [5.41, 5.74) is 1.01. The molecule has 29 heavy (non-hydrogen) atoms. The highest BCUT2D eigenvalue weighted by molar-refractivity contribution is 7.89. The number of hydrogen-bond donors (Lipinski definition) is 0. The zero-order valence-corrected chi connectivity index (χ0v) is 18.2. The fraction of sp³-hybridized carbons (Fsp3) is 0.300. The monoisotopic (exact) mass is 449 g/mol. The molecule has 0 aliphatic carbocycles. The molecular weight excluding hydrogens is 430 g/mol. The van der Waals surface area contributed by atoms with Crippen LogP contribution in [0.15, 0.2) is 58.4 Å². The zero-order valence-electron chi connectivity index (χ0n) is 15.8. The molecule has 1 aromatic heterocycles. The molecular formula is C20H20ClN3O3S2. The van der Waals surface area contributed by atoms with Crippen LogP contribution >= 0.6 is 22.9 Å². The first-order valence-electron chi connectivity index (χ1n) is 9.25. The average molecular weight is 450 g/mol. The topological polar surface area (TPSA) is 71.7 Å². The van der Waals surface area contributed by atoms with Gasteiger partial charge in [0.2, 0.25) is 10.0 Å². The van der Waals surface area contributed by atoms with Gasteiger partial charge in [-0.25, -0.2) is 8.42 Å². The number of aromatic nitrogens is 1. The number of thiazole rings is 1. The van der Waals surface area contributed by atoms with E-state index in [9.17, 15) is 13.2 Å². The van der Waals surface area contributed by atoms with E-state index < -0.39 is 15.9 Å². The Morgan fingerprint density at radius 2 is 1.90 bits per heavy atom. The van der Waals surface area contributed by atoms with E-state index >= 15 is 0 Å². The van der Waals surface area contributed by atoms with Gasteiger partial charge >= 0.3 is 0 Å². The second-order valence-electron chi connectivity index (χ2n) is 7.02. The van der Waals surface area contributed by atoms with Crippen LogP contribution in [0, 0.1) is 5.92 Å². The fourth-order valence-electron chi connectivity index (χ4n) is 3.49. The first-order valence-corrected chi connectivity index (χ1v) is 11.9. The summed E-state index contributed by atoms with van der Waals surface area (Å²) in [5.74, 6) is -0.723. The molecule has 1 aliphatic heterocycles. The van der Waals surface area contributed by atoms with Gasteiger partial charge in [-0.05, 0) is 49.2 Å². The van der Waals surface area contributed by atoms with Crippen LogP contribution < -0.4 is 4.80 Å². The Morgan fingerprint density at radius 3 is 2.62 bits per heavy atom. The highest BCUT2D eigenvalue weighted by Gasteiger charge is 2.33. The second-order valence-corrected chi connectivity index (χ2v) is 10.4. The number of sulfonamides is 1. The lowest BCUT2D eigenvalue weighted by Crippen LogP contribution is -2.42. The van der Waals surface area contributed by atoms with Gasteiger partial charge in [0, 0.05) is 25.2 Å². The molecule has 2 aromatic carbocycles. The summed E-state index contributed by atoms with van der Waals surface area (Å²) < 4.78 is 30.2. The van der Waals surface area contributed by atoms with Gasteiger partial charge < -0.3 is 4.57 Å². The van der Waals surface area contributed by atoms with Gasteiger partial charge in [0.05, 0.1) is 21.0 Å². The lowest BCUT2D eigenvalue weighted by molar-refractivity contribution is -0.122. The van der Waals surface area contributed by atoms with Crippen molar-refractivity contribution in [3.63, 3.8) is 0 Å². The van der Waals surface area contributed by atoms with Crippen LogP contribution in [0.2, 0.25) is 5.02 Å². The summed E-state index contributed by atoms with van der Waals surface area (Å²) >= 11 is 7.32. The molecule has 1 aliphatic rings. The number of benzene rings is 2. The Bertz CT molecular complexity index is 1230. The number of para-hydroxylation sites is 1. The van der Waals surface area contributed by atoms with Crippen LogP contribution in [-0.2, 0) is 21.9 Å². The van der Waals surface area contributed by atoms with Crippen molar-refractivity contribution in [2.45, 2.75) is 17.7 Å². The van der Waals surface area contributed by atoms with E-state index in [-0.39, 0.29) is 17.3 Å². The number of fused-ring (bicyclic) bond motifs is 1. The first kappa shape index (κ1) is 20.3. The highest BCUT2D eigenvalue weighted by atomic mass is 35.5. The van der Waals surface area contributed by atoms with E-state index in [4.69, 9.17) is 11.6 Å². The quantitative estimate of drug-likeness (QED) is 0.615. The third-order valence-corrected chi connectivity index (χ3v) is 8.35. The van der Waals surface area contributed by atoms with Crippen LogP contribution in [0.4, 0.5) is 0 Å². The molecule has 0 radical (unpaired) electrons. The van der Waals surface area contributed by atoms with Crippen molar-refractivity contribution in [3.8, 4) is 0 Å². The van der Waals surface area contributed by atoms with Crippen LogP contribution in [0.25, 0.3) is 10.2 Å². The summed E-state index contributed by atoms with van der Waals surface area (Å²) in [4.78, 5) is 18.0. The normalized spacial score (nSPS) is 19.0. The maximum Gasteiger partial charge on any atom is 0.252 e. The minimum atomic E-state index is -3.67. The number of nitrogens with zero attached hydrogens (tertiary/aromatic N) is 3. The Morgan fingerprint density at radius 1 is 1.17 bits per heavy atom. The third-order valence-electron chi connectivity index (χ3n) is 5.11. The third kappa shape index (κ3) is 4.02. The van der Waals surface area contributed by atoms with Gasteiger partial charge in [-0.15, -0.1) is 0 Å². The maximum atomic E-state index is 12.9. The smallest absolute Gasteiger partial charge is 0.252 e. The van der Waals surface area contributed by atoms with E-state index in [2.05, 4.69) is 4.99 Å². The summed E-state index contributed by atoms with van der Waals surface area (Å²) in [5, 5.41) is 0.477. The van der Waals surface area contributed by atoms with Crippen molar-refractivity contribution < 1.29 is 13.2 Å². The SMILES string of the molecule is Cn1c(=NC(=O)C2CCCN(S(=O)(=O)c3ccc(Cl)cc3)C2)sc2ccccc21. The molecule has 4 rings (SSSR count). The van der Waals surface area contributed by atoms with Crippen molar-refractivity contribution in [2.75, 3.05) is 13.1 Å². The molecule has 0 bridgehead atoms. The molecule has 1 fully saturated rings. The largest absolute Gasteiger partial charge is 0.319 e. The van der Waals surface area contributed by atoms with Gasteiger partial charge in [-0.3, -0.25) is 4.79 Å². The fourth-order valence-corrected chi connectivity index (χ4v) is 6.17. The molecule has 9 heteroatoms. The number of aryl methyl sites for hydroxylation is 1. The lowest BCUT2D eigenvalue weighted by Gasteiger charge is -2.30. The van der Waals surface area contributed by atoms with Gasteiger partial charge in [0.25, 0.3) is 5.91 Å². The van der Waals surface area contributed by atoms with Crippen LogP contribution in [-0.4, -0.2) is 36.3 Å². The van der Waals surface area contributed by atoms with E-state index in [1.165, 1.54) is 27.8 Å². The molecule has 3 aromatic rings. The number of rotatable bonds is 3. The highest BCUT2D eigenvalue weighted by Crippen LogP contribution is 2.25. The van der Waals surface area contributed by atoms with E-state index in [0.29, 0.717) is 29.2 Å². The van der Waals surface area contributed by atoms with Crippen molar-refractivity contribution in [3.05, 3.63) is 58.4 Å². The molecule has 0 N–H and O–H groups in total. The van der Waals surface area contributed by atoms with E-state index in [1.54, 1.807) is 12.1 Å². The lowest BCUT2D eigenvalue weighted by atomic mass is 9.99.